The van der Waals surface area contributed by atoms with Crippen molar-refractivity contribution in [2.45, 2.75) is 74.8 Å². The molecule has 3 heterocycles. The van der Waals surface area contributed by atoms with E-state index >= 15 is 0 Å². The van der Waals surface area contributed by atoms with Crippen LogP contribution in [0.3, 0.4) is 0 Å². The summed E-state index contributed by atoms with van der Waals surface area (Å²) in [4.78, 5) is 21.3. The van der Waals surface area contributed by atoms with Crippen LogP contribution in [0.15, 0.2) is 90.2 Å². The molecule has 0 atom stereocenters. The Morgan fingerprint density at radius 1 is 0.780 bits per heavy atom. The summed E-state index contributed by atoms with van der Waals surface area (Å²) in [6.07, 6.45) is 6.83. The number of imidazole rings is 1. The molecule has 3 aromatic heterocycles. The van der Waals surface area contributed by atoms with Gasteiger partial charge in [-0.3, -0.25) is 9.36 Å². The van der Waals surface area contributed by atoms with Crippen molar-refractivity contribution in [2.24, 2.45) is 0 Å². The van der Waals surface area contributed by atoms with Gasteiger partial charge in [-0.05, 0) is 65.8 Å². The van der Waals surface area contributed by atoms with E-state index < -0.39 is 0 Å². The van der Waals surface area contributed by atoms with Crippen molar-refractivity contribution in [3.63, 3.8) is 0 Å². The summed E-state index contributed by atoms with van der Waals surface area (Å²) in [5, 5.41) is 10.7. The zero-order chi connectivity index (χ0) is 30.8. The predicted octanol–water partition coefficient (Wildman–Crippen LogP) is 8.37. The first-order valence-electron chi connectivity index (χ1n) is 14.6. The highest BCUT2D eigenvalue weighted by Gasteiger charge is 2.09. The average molecular weight is 561 g/mol. The molecule has 0 unspecified atom stereocenters. The van der Waals surface area contributed by atoms with Gasteiger partial charge in [0.05, 0.1) is 11.8 Å². The molecule has 2 aromatic carbocycles. The maximum atomic E-state index is 13.5. The number of nitrogens with zero attached hydrogens (tertiary/aromatic N) is 4. The van der Waals surface area contributed by atoms with Crippen molar-refractivity contribution in [3.8, 4) is 11.6 Å². The Hall–Kier alpha value is -4.26. The summed E-state index contributed by atoms with van der Waals surface area (Å²) in [6.45, 7) is 16.6. The number of pyridine rings is 2. The molecule has 6 nitrogen and oxygen atoms in total. The average Bonchev–Trinajstić information content (AvgIpc) is 3.47. The normalized spacial score (nSPS) is 9.59. The molecule has 0 saturated carbocycles. The number of halogens is 1. The van der Waals surface area contributed by atoms with Gasteiger partial charge in [-0.15, -0.1) is 0 Å². The minimum atomic E-state index is -0.249. The Morgan fingerprint density at radius 3 is 2.15 bits per heavy atom. The molecule has 220 valence electrons. The smallest absolute Gasteiger partial charge is 0.256 e. The molecule has 5 aromatic rings. The van der Waals surface area contributed by atoms with Crippen LogP contribution in [0.1, 0.15) is 72.2 Å². The summed E-state index contributed by atoms with van der Waals surface area (Å²) in [7, 11) is 0. The number of hydrogen-bond donors (Lipinski definition) is 1. The van der Waals surface area contributed by atoms with Gasteiger partial charge >= 0.3 is 0 Å². The second-order valence-electron chi connectivity index (χ2n) is 7.92. The number of aromatic nitrogens is 4. The Bertz CT molecular complexity index is 1490. The summed E-state index contributed by atoms with van der Waals surface area (Å²) >= 11 is 0. The van der Waals surface area contributed by atoms with Crippen molar-refractivity contribution in [3.05, 3.63) is 118 Å². The number of phenols is 1. The summed E-state index contributed by atoms with van der Waals surface area (Å²) in [5.74, 6) is 0.338. The Kier molecular flexibility index (Phi) is 16.0. The minimum absolute atomic E-state index is 0.0910. The third-order valence-corrected chi connectivity index (χ3v) is 5.63. The maximum absolute atomic E-state index is 13.5. The third-order valence-electron chi connectivity index (χ3n) is 5.63. The zero-order valence-corrected chi connectivity index (χ0v) is 25.7. The van der Waals surface area contributed by atoms with Crippen molar-refractivity contribution >= 4 is 10.9 Å². The van der Waals surface area contributed by atoms with E-state index in [2.05, 4.69) is 9.97 Å². The lowest BCUT2D eigenvalue weighted by Gasteiger charge is -2.11. The van der Waals surface area contributed by atoms with Gasteiger partial charge < -0.3 is 9.67 Å². The van der Waals surface area contributed by atoms with E-state index in [1.807, 2.05) is 84.4 Å². The van der Waals surface area contributed by atoms with E-state index in [-0.39, 0.29) is 17.1 Å². The van der Waals surface area contributed by atoms with Gasteiger partial charge in [0.25, 0.3) is 5.56 Å². The fourth-order valence-corrected chi connectivity index (χ4v) is 3.96. The highest BCUT2D eigenvalue weighted by Crippen LogP contribution is 2.21. The van der Waals surface area contributed by atoms with Gasteiger partial charge in [-0.25, -0.2) is 14.4 Å². The van der Waals surface area contributed by atoms with Crippen molar-refractivity contribution in [1.29, 1.82) is 0 Å². The molecule has 0 aliphatic rings. The molecule has 7 heteroatoms. The number of aromatic hydroxyl groups is 1. The van der Waals surface area contributed by atoms with Gasteiger partial charge in [0, 0.05) is 36.8 Å². The second kappa shape index (κ2) is 18.9. The van der Waals surface area contributed by atoms with Crippen LogP contribution in [-0.2, 0) is 19.4 Å². The molecule has 0 radical (unpaired) electrons. The number of rotatable bonds is 6. The topological polar surface area (TPSA) is 72.9 Å². The molecule has 0 bridgehead atoms. The lowest BCUT2D eigenvalue weighted by atomic mass is 10.1. The first-order chi connectivity index (χ1) is 20.1. The summed E-state index contributed by atoms with van der Waals surface area (Å²) in [5.41, 5.74) is 3.34. The van der Waals surface area contributed by atoms with Crippen LogP contribution >= 0.6 is 0 Å². The van der Waals surface area contributed by atoms with Crippen LogP contribution in [-0.4, -0.2) is 24.2 Å². The molecule has 0 aliphatic carbocycles. The van der Waals surface area contributed by atoms with Gasteiger partial charge in [0.2, 0.25) is 0 Å². The van der Waals surface area contributed by atoms with Gasteiger partial charge in [0.15, 0.2) is 0 Å². The molecular formula is C34H45FN4O2. The highest BCUT2D eigenvalue weighted by atomic mass is 19.1. The lowest BCUT2D eigenvalue weighted by Crippen LogP contribution is -2.18. The number of hydrogen-bond acceptors (Lipinski definition) is 4. The number of benzene rings is 2. The lowest BCUT2D eigenvalue weighted by molar-refractivity contribution is 0.476. The monoisotopic (exact) mass is 560 g/mol. The molecular weight excluding hydrogens is 515 g/mol. The summed E-state index contributed by atoms with van der Waals surface area (Å²) < 4.78 is 17.0. The van der Waals surface area contributed by atoms with E-state index in [1.165, 1.54) is 22.8 Å². The van der Waals surface area contributed by atoms with Gasteiger partial charge in [0.1, 0.15) is 17.4 Å². The van der Waals surface area contributed by atoms with Crippen LogP contribution in [0.25, 0.3) is 16.7 Å². The fraction of sp³-hybridized carbons (Fsp3) is 0.324. The van der Waals surface area contributed by atoms with Crippen LogP contribution in [0.4, 0.5) is 4.39 Å². The Morgan fingerprint density at radius 2 is 1.49 bits per heavy atom. The predicted molar refractivity (Wildman–Crippen MR) is 170 cm³/mol. The molecule has 1 N–H and O–H groups in total. The molecule has 0 aliphatic heterocycles. The Balaban J connectivity index is 0.000000969. The van der Waals surface area contributed by atoms with Crippen LogP contribution in [0.2, 0.25) is 0 Å². The summed E-state index contributed by atoms with van der Waals surface area (Å²) in [6, 6.07) is 18.5. The molecule has 0 fully saturated rings. The van der Waals surface area contributed by atoms with E-state index in [4.69, 9.17) is 0 Å². The molecule has 0 saturated heterocycles. The maximum Gasteiger partial charge on any atom is 0.256 e. The largest absolute Gasteiger partial charge is 0.508 e. The number of phenolic OH excluding ortho intramolecular Hbond substituents is 1. The quantitative estimate of drug-likeness (QED) is 0.226. The van der Waals surface area contributed by atoms with E-state index in [9.17, 15) is 14.3 Å². The van der Waals surface area contributed by atoms with Crippen molar-refractivity contribution in [1.82, 2.24) is 19.1 Å². The zero-order valence-electron chi connectivity index (χ0n) is 25.7. The van der Waals surface area contributed by atoms with Gasteiger partial charge in [-0.2, -0.15) is 0 Å². The molecule has 0 spiro atoms. The van der Waals surface area contributed by atoms with Crippen molar-refractivity contribution < 1.29 is 9.50 Å². The second-order valence-corrected chi connectivity index (χ2v) is 7.92. The first kappa shape index (κ1) is 34.8. The fourth-order valence-electron chi connectivity index (χ4n) is 3.96. The highest BCUT2D eigenvalue weighted by molar-refractivity contribution is 5.81. The van der Waals surface area contributed by atoms with Crippen LogP contribution in [0.5, 0.6) is 5.75 Å². The third kappa shape index (κ3) is 9.71. The molecule has 5 rings (SSSR count). The number of fused-ring (bicyclic) bond motifs is 1. The van der Waals surface area contributed by atoms with E-state index in [1.54, 1.807) is 42.9 Å². The standard InChI is InChI=1S/C26H21FN4O2.4C2H6/c27-21-3-1-2-19(12-21)16-30-17-28-15-22(30)8-4-18-5-10-25(29-14-18)31-24-13-23(32)9-6-20(24)7-11-26(31)33;4*1-2/h1-3,5-7,9-15,17,32H,4,8,16H2;4*1-2H3. The first-order valence-corrected chi connectivity index (χ1v) is 14.6. The minimum Gasteiger partial charge on any atom is -0.508 e. The Labute approximate surface area is 244 Å². The molecule has 0 amide bonds. The van der Waals surface area contributed by atoms with Gasteiger partial charge in [-0.1, -0.05) is 73.6 Å². The number of aryl methyl sites for hydroxylation is 2. The van der Waals surface area contributed by atoms with E-state index in [0.717, 1.165) is 35.0 Å². The van der Waals surface area contributed by atoms with Crippen LogP contribution < -0.4 is 5.56 Å². The SMILES string of the molecule is CC.CC.CC.CC.O=c1ccc2ccc(O)cc2n1-c1ccc(CCc2cncn2Cc2cccc(F)c2)cn1. The van der Waals surface area contributed by atoms with Crippen molar-refractivity contribution in [2.75, 3.05) is 0 Å². The van der Waals surface area contributed by atoms with Crippen LogP contribution in [0, 0.1) is 5.82 Å². The molecule has 41 heavy (non-hydrogen) atoms. The van der Waals surface area contributed by atoms with E-state index in [0.29, 0.717) is 17.9 Å².